The maximum absolute atomic E-state index is 13.1. The van der Waals surface area contributed by atoms with Crippen molar-refractivity contribution in [3.63, 3.8) is 0 Å². The Kier molecular flexibility index (Phi) is 8.05. The minimum absolute atomic E-state index is 0.254. The van der Waals surface area contributed by atoms with Crippen LogP contribution < -0.4 is 14.8 Å². The number of amidine groups is 1. The number of carbonyl (C=O) groups excluding carboxylic acids is 1. The zero-order valence-electron chi connectivity index (χ0n) is 18.9. The van der Waals surface area contributed by atoms with E-state index in [1.54, 1.807) is 31.4 Å². The van der Waals surface area contributed by atoms with Gasteiger partial charge in [0.25, 0.3) is 5.91 Å². The standard InChI is InChI=1S/C27H22BrFN2O3S/c1-3-4-19-13-18(14-23(33-2)25(19)34-16-17-5-7-20(28)8-6-17)15-24-26(32)31-27(35-24)30-22-11-9-21(29)10-12-22/h3,5-15H,1,4,16H2,2H3,(H,30,31,32)/b24-15+. The number of carbonyl (C=O) groups is 1. The lowest BCUT2D eigenvalue weighted by Crippen LogP contribution is -2.19. The van der Waals surface area contributed by atoms with Gasteiger partial charge in [0.15, 0.2) is 16.7 Å². The van der Waals surface area contributed by atoms with Crippen molar-refractivity contribution >= 4 is 50.5 Å². The van der Waals surface area contributed by atoms with Crippen LogP contribution in [0.5, 0.6) is 11.5 Å². The lowest BCUT2D eigenvalue weighted by Gasteiger charge is -2.16. The molecule has 0 saturated carbocycles. The molecule has 3 aromatic carbocycles. The number of benzene rings is 3. The highest BCUT2D eigenvalue weighted by atomic mass is 79.9. The van der Waals surface area contributed by atoms with Crippen molar-refractivity contribution in [2.45, 2.75) is 13.0 Å². The van der Waals surface area contributed by atoms with E-state index in [9.17, 15) is 9.18 Å². The number of rotatable bonds is 8. The summed E-state index contributed by atoms with van der Waals surface area (Å²) in [4.78, 5) is 17.4. The second-order valence-corrected chi connectivity index (χ2v) is 9.52. The molecule has 1 fully saturated rings. The summed E-state index contributed by atoms with van der Waals surface area (Å²) in [6.07, 6.45) is 4.14. The first-order valence-electron chi connectivity index (χ1n) is 10.7. The zero-order valence-corrected chi connectivity index (χ0v) is 21.3. The molecule has 0 aromatic heterocycles. The molecule has 0 radical (unpaired) electrons. The Balaban J connectivity index is 1.58. The number of hydrogen-bond acceptors (Lipinski definition) is 5. The van der Waals surface area contributed by atoms with Gasteiger partial charge in [-0.25, -0.2) is 9.38 Å². The third kappa shape index (κ3) is 6.41. The SMILES string of the molecule is C=CCc1cc(/C=C2/SC(=Nc3ccc(F)cc3)NC2=O)cc(OC)c1OCc1ccc(Br)cc1. The van der Waals surface area contributed by atoms with Gasteiger partial charge in [-0.15, -0.1) is 6.58 Å². The van der Waals surface area contributed by atoms with E-state index in [1.807, 2.05) is 36.4 Å². The Morgan fingerprint density at radius 3 is 2.57 bits per heavy atom. The molecule has 35 heavy (non-hydrogen) atoms. The molecule has 1 aliphatic heterocycles. The number of thioether (sulfide) groups is 1. The Labute approximate surface area is 215 Å². The fraction of sp³-hybridized carbons (Fsp3) is 0.111. The second-order valence-electron chi connectivity index (χ2n) is 7.58. The number of methoxy groups -OCH3 is 1. The summed E-state index contributed by atoms with van der Waals surface area (Å²) in [7, 11) is 1.58. The normalized spacial score (nSPS) is 15.3. The summed E-state index contributed by atoms with van der Waals surface area (Å²) in [5.74, 6) is 0.610. The molecule has 1 saturated heterocycles. The minimum Gasteiger partial charge on any atom is -0.493 e. The quantitative estimate of drug-likeness (QED) is 0.246. The molecule has 178 valence electrons. The average molecular weight is 553 g/mol. The molecule has 8 heteroatoms. The molecular formula is C27H22BrFN2O3S. The van der Waals surface area contributed by atoms with Crippen molar-refractivity contribution in [1.29, 1.82) is 0 Å². The van der Waals surface area contributed by atoms with Gasteiger partial charge in [-0.2, -0.15) is 0 Å². The van der Waals surface area contributed by atoms with Crippen LogP contribution >= 0.6 is 27.7 Å². The van der Waals surface area contributed by atoms with Crippen LogP contribution in [-0.2, 0) is 17.8 Å². The van der Waals surface area contributed by atoms with Gasteiger partial charge in [0.1, 0.15) is 12.4 Å². The Morgan fingerprint density at radius 2 is 1.89 bits per heavy atom. The van der Waals surface area contributed by atoms with Crippen molar-refractivity contribution in [3.8, 4) is 11.5 Å². The van der Waals surface area contributed by atoms with Crippen molar-refractivity contribution in [2.75, 3.05) is 7.11 Å². The summed E-state index contributed by atoms with van der Waals surface area (Å²) in [5, 5.41) is 3.18. The van der Waals surface area contributed by atoms with Gasteiger partial charge >= 0.3 is 0 Å². The van der Waals surface area contributed by atoms with Crippen molar-refractivity contribution in [2.24, 2.45) is 4.99 Å². The van der Waals surface area contributed by atoms with Gasteiger partial charge in [-0.05, 0) is 83.9 Å². The molecule has 0 aliphatic carbocycles. The lowest BCUT2D eigenvalue weighted by atomic mass is 10.0. The van der Waals surface area contributed by atoms with E-state index >= 15 is 0 Å². The van der Waals surface area contributed by atoms with E-state index in [2.05, 4.69) is 32.8 Å². The van der Waals surface area contributed by atoms with Crippen LogP contribution in [0.2, 0.25) is 0 Å². The van der Waals surface area contributed by atoms with E-state index in [1.165, 1.54) is 23.9 Å². The molecule has 1 aliphatic rings. The van der Waals surface area contributed by atoms with E-state index in [0.717, 1.165) is 21.2 Å². The van der Waals surface area contributed by atoms with Gasteiger partial charge in [-0.1, -0.05) is 34.1 Å². The largest absolute Gasteiger partial charge is 0.493 e. The topological polar surface area (TPSA) is 59.9 Å². The molecule has 0 bridgehead atoms. The Hall–Kier alpha value is -3.36. The zero-order chi connectivity index (χ0) is 24.8. The molecular weight excluding hydrogens is 531 g/mol. The van der Waals surface area contributed by atoms with Crippen molar-refractivity contribution in [3.05, 3.63) is 105 Å². The highest BCUT2D eigenvalue weighted by molar-refractivity contribution is 9.10. The predicted octanol–water partition coefficient (Wildman–Crippen LogP) is 6.80. The maximum atomic E-state index is 13.1. The molecule has 4 rings (SSSR count). The van der Waals surface area contributed by atoms with Gasteiger partial charge < -0.3 is 14.8 Å². The molecule has 3 aromatic rings. The van der Waals surface area contributed by atoms with E-state index in [-0.39, 0.29) is 11.7 Å². The molecule has 1 amide bonds. The smallest absolute Gasteiger partial charge is 0.264 e. The summed E-state index contributed by atoms with van der Waals surface area (Å²) in [6, 6.07) is 17.5. The number of aliphatic imine (C=N–C) groups is 1. The summed E-state index contributed by atoms with van der Waals surface area (Å²) >= 11 is 4.66. The predicted molar refractivity (Wildman–Crippen MR) is 143 cm³/mol. The number of allylic oxidation sites excluding steroid dienone is 1. The highest BCUT2D eigenvalue weighted by Crippen LogP contribution is 2.36. The number of nitrogens with one attached hydrogen (secondary N) is 1. The van der Waals surface area contributed by atoms with Crippen LogP contribution in [0.3, 0.4) is 0 Å². The molecule has 0 spiro atoms. The first-order valence-corrected chi connectivity index (χ1v) is 12.3. The van der Waals surface area contributed by atoms with Crippen LogP contribution in [0.25, 0.3) is 6.08 Å². The van der Waals surface area contributed by atoms with E-state index < -0.39 is 0 Å². The Morgan fingerprint density at radius 1 is 1.14 bits per heavy atom. The number of nitrogens with zero attached hydrogens (tertiary/aromatic N) is 1. The first kappa shape index (κ1) is 24.8. The summed E-state index contributed by atoms with van der Waals surface area (Å²) in [5.41, 5.74) is 3.26. The van der Waals surface area contributed by atoms with Gasteiger partial charge in [0.2, 0.25) is 0 Å². The van der Waals surface area contributed by atoms with Crippen LogP contribution in [0.1, 0.15) is 16.7 Å². The summed E-state index contributed by atoms with van der Waals surface area (Å²) < 4.78 is 25.9. The minimum atomic E-state index is -0.341. The number of ether oxygens (including phenoxy) is 2. The third-order valence-corrected chi connectivity index (χ3v) is 6.48. The lowest BCUT2D eigenvalue weighted by molar-refractivity contribution is -0.115. The van der Waals surface area contributed by atoms with Gasteiger partial charge in [0.05, 0.1) is 17.7 Å². The van der Waals surface area contributed by atoms with Crippen LogP contribution in [-0.4, -0.2) is 18.2 Å². The van der Waals surface area contributed by atoms with Crippen molar-refractivity contribution in [1.82, 2.24) is 5.32 Å². The molecule has 0 atom stereocenters. The number of halogens is 2. The molecule has 1 N–H and O–H groups in total. The van der Waals surface area contributed by atoms with E-state index in [0.29, 0.717) is 40.3 Å². The maximum Gasteiger partial charge on any atom is 0.264 e. The first-order chi connectivity index (χ1) is 16.9. The monoisotopic (exact) mass is 552 g/mol. The second kappa shape index (κ2) is 11.4. The van der Waals surface area contributed by atoms with Crippen LogP contribution in [0.15, 0.2) is 87.7 Å². The summed E-state index contributed by atoms with van der Waals surface area (Å²) in [6.45, 7) is 4.24. The number of hydrogen-bond donors (Lipinski definition) is 1. The van der Waals surface area contributed by atoms with E-state index in [4.69, 9.17) is 9.47 Å². The van der Waals surface area contributed by atoms with Gasteiger partial charge in [-0.3, -0.25) is 4.79 Å². The Bertz CT molecular complexity index is 1310. The molecule has 0 unspecified atom stereocenters. The molecule has 5 nitrogen and oxygen atoms in total. The fourth-order valence-corrected chi connectivity index (χ4v) is 4.50. The fourth-order valence-electron chi connectivity index (χ4n) is 3.39. The van der Waals surface area contributed by atoms with Crippen molar-refractivity contribution < 1.29 is 18.7 Å². The highest BCUT2D eigenvalue weighted by Gasteiger charge is 2.24. The van der Waals surface area contributed by atoms with Crippen LogP contribution in [0.4, 0.5) is 10.1 Å². The average Bonchev–Trinajstić information content (AvgIpc) is 3.19. The van der Waals surface area contributed by atoms with Gasteiger partial charge in [0, 0.05) is 10.0 Å². The van der Waals surface area contributed by atoms with Crippen LogP contribution in [0, 0.1) is 5.82 Å². The third-order valence-electron chi connectivity index (χ3n) is 5.04. The molecule has 1 heterocycles. The number of amides is 1.